The minimum Gasteiger partial charge on any atom is -0.368 e. The van der Waals surface area contributed by atoms with Crippen LogP contribution in [0.15, 0.2) is 30.3 Å². The quantitative estimate of drug-likeness (QED) is 0.730. The molecule has 0 heterocycles. The van der Waals surface area contributed by atoms with Crippen molar-refractivity contribution in [3.63, 3.8) is 0 Å². The van der Waals surface area contributed by atoms with Crippen molar-refractivity contribution in [1.29, 1.82) is 0 Å². The number of primary amides is 1. The summed E-state index contributed by atoms with van der Waals surface area (Å²) in [6.45, 7) is 0.687. The molecule has 1 aliphatic rings. The molecule has 2 rings (SSSR count). The second-order valence-electron chi connectivity index (χ2n) is 6.11. The molecule has 128 valence electrons. The van der Waals surface area contributed by atoms with Crippen LogP contribution >= 0.6 is 12.4 Å². The van der Waals surface area contributed by atoms with Gasteiger partial charge in [-0.2, -0.15) is 0 Å². The highest BCUT2D eigenvalue weighted by Gasteiger charge is 2.28. The maximum atomic E-state index is 12.3. The normalized spacial score (nSPS) is 21.8. The smallest absolute Gasteiger partial charge is 0.240 e. The van der Waals surface area contributed by atoms with Crippen LogP contribution in [0.1, 0.15) is 31.2 Å². The minimum atomic E-state index is -0.651. The Balaban J connectivity index is 0.00000264. The molecule has 1 saturated carbocycles. The van der Waals surface area contributed by atoms with Gasteiger partial charge < -0.3 is 16.8 Å². The van der Waals surface area contributed by atoms with Gasteiger partial charge in [0, 0.05) is 12.3 Å². The molecule has 1 aromatic carbocycles. The van der Waals surface area contributed by atoms with Gasteiger partial charge >= 0.3 is 0 Å². The molecular formula is C17H26ClN3O2. The number of nitrogens with one attached hydrogen (secondary N) is 1. The fourth-order valence-electron chi connectivity index (χ4n) is 3.02. The third-order valence-electron chi connectivity index (χ3n) is 4.49. The largest absolute Gasteiger partial charge is 0.368 e. The van der Waals surface area contributed by atoms with E-state index in [0.29, 0.717) is 18.9 Å². The fourth-order valence-corrected chi connectivity index (χ4v) is 3.02. The lowest BCUT2D eigenvalue weighted by molar-refractivity contribution is -0.130. The number of benzene rings is 1. The van der Waals surface area contributed by atoms with Crippen LogP contribution in [0.2, 0.25) is 0 Å². The van der Waals surface area contributed by atoms with Crippen molar-refractivity contribution in [3.05, 3.63) is 35.9 Å². The van der Waals surface area contributed by atoms with Crippen LogP contribution in [0.4, 0.5) is 0 Å². The molecule has 0 unspecified atom stereocenters. The molecule has 0 saturated heterocycles. The van der Waals surface area contributed by atoms with E-state index in [0.717, 1.165) is 31.2 Å². The zero-order chi connectivity index (χ0) is 15.9. The Kier molecular flexibility index (Phi) is 8.06. The molecule has 1 fully saturated rings. The molecule has 1 aromatic rings. The van der Waals surface area contributed by atoms with Gasteiger partial charge in [0.2, 0.25) is 11.8 Å². The lowest BCUT2D eigenvalue weighted by Crippen LogP contribution is -2.48. The predicted molar refractivity (Wildman–Crippen MR) is 93.0 cm³/mol. The van der Waals surface area contributed by atoms with Gasteiger partial charge in [-0.15, -0.1) is 12.4 Å². The number of nitrogens with two attached hydrogens (primary N) is 2. The summed E-state index contributed by atoms with van der Waals surface area (Å²) in [6, 6.07) is 8.93. The summed E-state index contributed by atoms with van der Waals surface area (Å²) < 4.78 is 0. The zero-order valence-electron chi connectivity index (χ0n) is 13.2. The first-order valence-electron chi connectivity index (χ1n) is 7.93. The second kappa shape index (κ2) is 9.53. The lowest BCUT2D eigenvalue weighted by Gasteiger charge is -2.28. The van der Waals surface area contributed by atoms with Crippen LogP contribution in [0, 0.1) is 11.8 Å². The first-order valence-corrected chi connectivity index (χ1v) is 7.93. The highest BCUT2D eigenvalue weighted by Crippen LogP contribution is 2.28. The van der Waals surface area contributed by atoms with E-state index >= 15 is 0 Å². The molecule has 5 nitrogen and oxygen atoms in total. The molecule has 0 aliphatic heterocycles. The van der Waals surface area contributed by atoms with E-state index in [1.807, 2.05) is 30.3 Å². The fraction of sp³-hybridized carbons (Fsp3) is 0.529. The van der Waals surface area contributed by atoms with Crippen molar-refractivity contribution in [2.24, 2.45) is 23.3 Å². The maximum Gasteiger partial charge on any atom is 0.240 e. The van der Waals surface area contributed by atoms with Crippen LogP contribution in [0.5, 0.6) is 0 Å². The van der Waals surface area contributed by atoms with Crippen molar-refractivity contribution in [2.75, 3.05) is 6.54 Å². The van der Waals surface area contributed by atoms with E-state index in [2.05, 4.69) is 5.32 Å². The monoisotopic (exact) mass is 339 g/mol. The van der Waals surface area contributed by atoms with Gasteiger partial charge in [0.05, 0.1) is 0 Å². The maximum absolute atomic E-state index is 12.3. The molecule has 0 radical (unpaired) electrons. The third-order valence-corrected chi connectivity index (χ3v) is 4.49. The standard InChI is InChI=1S/C17H25N3O2.ClH/c18-11-13-6-8-14(9-7-13)17(22)20-15(16(19)21)10-12-4-2-1-3-5-12;/h1-5,13-15H,6-11,18H2,(H2,19,21)(H,20,22);1H/t13-,14-,15-;/m0./s1. The molecule has 2 amide bonds. The average Bonchev–Trinajstić information content (AvgIpc) is 2.55. The first kappa shape index (κ1) is 19.5. The molecule has 23 heavy (non-hydrogen) atoms. The van der Waals surface area contributed by atoms with Gasteiger partial charge in [-0.1, -0.05) is 30.3 Å². The molecule has 6 heteroatoms. The van der Waals surface area contributed by atoms with E-state index in [9.17, 15) is 9.59 Å². The first-order chi connectivity index (χ1) is 10.6. The van der Waals surface area contributed by atoms with Gasteiger partial charge in [-0.3, -0.25) is 9.59 Å². The summed E-state index contributed by atoms with van der Waals surface area (Å²) in [7, 11) is 0. The Bertz CT molecular complexity index is 502. The van der Waals surface area contributed by atoms with Gasteiger partial charge in [-0.25, -0.2) is 0 Å². The predicted octanol–water partition coefficient (Wildman–Crippen LogP) is 1.39. The Morgan fingerprint density at radius 3 is 2.26 bits per heavy atom. The number of carbonyl (C=O) groups excluding carboxylic acids is 2. The van der Waals surface area contributed by atoms with Crippen LogP contribution in [0.3, 0.4) is 0 Å². The van der Waals surface area contributed by atoms with Gasteiger partial charge in [0.25, 0.3) is 0 Å². The Hall–Kier alpha value is -1.59. The molecule has 0 bridgehead atoms. The summed E-state index contributed by atoms with van der Waals surface area (Å²) in [5.74, 6) is -0.0521. The van der Waals surface area contributed by atoms with Gasteiger partial charge in [0.1, 0.15) is 6.04 Å². The summed E-state index contributed by atoms with van der Waals surface area (Å²) in [5, 5.41) is 2.82. The number of amides is 2. The number of rotatable bonds is 6. The Morgan fingerprint density at radius 1 is 1.13 bits per heavy atom. The molecular weight excluding hydrogens is 314 g/mol. The van der Waals surface area contributed by atoms with Crippen LogP contribution in [0.25, 0.3) is 0 Å². The zero-order valence-corrected chi connectivity index (χ0v) is 14.1. The van der Waals surface area contributed by atoms with E-state index in [4.69, 9.17) is 11.5 Å². The summed E-state index contributed by atoms with van der Waals surface area (Å²) in [4.78, 5) is 24.0. The number of hydrogen-bond donors (Lipinski definition) is 3. The van der Waals surface area contributed by atoms with Crippen molar-refractivity contribution < 1.29 is 9.59 Å². The molecule has 5 N–H and O–H groups in total. The molecule has 1 atom stereocenters. The van der Waals surface area contributed by atoms with Gasteiger partial charge in [0.15, 0.2) is 0 Å². The van der Waals surface area contributed by atoms with Crippen molar-refractivity contribution in [2.45, 2.75) is 38.1 Å². The van der Waals surface area contributed by atoms with E-state index in [1.165, 1.54) is 0 Å². The van der Waals surface area contributed by atoms with Crippen molar-refractivity contribution >= 4 is 24.2 Å². The van der Waals surface area contributed by atoms with E-state index in [-0.39, 0.29) is 24.2 Å². The number of hydrogen-bond acceptors (Lipinski definition) is 3. The Morgan fingerprint density at radius 2 is 1.74 bits per heavy atom. The van der Waals surface area contributed by atoms with Crippen LogP contribution in [-0.2, 0) is 16.0 Å². The molecule has 0 spiro atoms. The van der Waals surface area contributed by atoms with Crippen molar-refractivity contribution in [3.8, 4) is 0 Å². The summed E-state index contributed by atoms with van der Waals surface area (Å²) in [5.41, 5.74) is 12.1. The van der Waals surface area contributed by atoms with Gasteiger partial charge in [-0.05, 0) is 43.7 Å². The minimum absolute atomic E-state index is 0. The topological polar surface area (TPSA) is 98.2 Å². The summed E-state index contributed by atoms with van der Waals surface area (Å²) >= 11 is 0. The number of halogens is 1. The number of carbonyl (C=O) groups is 2. The molecule has 1 aliphatic carbocycles. The third kappa shape index (κ3) is 5.84. The van der Waals surface area contributed by atoms with E-state index in [1.54, 1.807) is 0 Å². The Labute approximate surface area is 143 Å². The highest BCUT2D eigenvalue weighted by molar-refractivity contribution is 5.87. The SMILES string of the molecule is Cl.NC[C@H]1CC[C@H](C(=O)N[C@@H](Cc2ccccc2)C(N)=O)CC1. The second-order valence-corrected chi connectivity index (χ2v) is 6.11. The van der Waals surface area contributed by atoms with Crippen LogP contribution in [-0.4, -0.2) is 24.4 Å². The summed E-state index contributed by atoms with van der Waals surface area (Å²) in [6.07, 6.45) is 4.07. The highest BCUT2D eigenvalue weighted by atomic mass is 35.5. The van der Waals surface area contributed by atoms with Crippen molar-refractivity contribution in [1.82, 2.24) is 5.32 Å². The average molecular weight is 340 g/mol. The lowest BCUT2D eigenvalue weighted by atomic mass is 9.81. The van der Waals surface area contributed by atoms with E-state index < -0.39 is 11.9 Å². The molecule has 0 aromatic heterocycles. The van der Waals surface area contributed by atoms with Crippen LogP contribution < -0.4 is 16.8 Å².